The fourth-order valence-corrected chi connectivity index (χ4v) is 5.31. The van der Waals surface area contributed by atoms with Gasteiger partial charge in [-0.2, -0.15) is 0 Å². The maximum Gasteiger partial charge on any atom is 0.264 e. The molecule has 0 radical (unpaired) electrons. The number of sulfonamides is 1. The zero-order valence-electron chi connectivity index (χ0n) is 17.2. The summed E-state index contributed by atoms with van der Waals surface area (Å²) in [5.41, 5.74) is 3.13. The predicted octanol–water partition coefficient (Wildman–Crippen LogP) is 4.02. The van der Waals surface area contributed by atoms with Crippen molar-refractivity contribution in [2.24, 2.45) is 0 Å². The number of rotatable bonds is 6. The molecular weight excluding hydrogens is 412 g/mol. The second-order valence-electron chi connectivity index (χ2n) is 7.41. The number of fused-ring (bicyclic) bond motifs is 1. The van der Waals surface area contributed by atoms with E-state index < -0.39 is 10.0 Å². The van der Waals surface area contributed by atoms with Crippen molar-refractivity contribution in [1.29, 1.82) is 0 Å². The fourth-order valence-electron chi connectivity index (χ4n) is 3.74. The Bertz CT molecular complexity index is 1180. The highest BCUT2D eigenvalue weighted by atomic mass is 32.2. The van der Waals surface area contributed by atoms with Crippen LogP contribution >= 0.6 is 0 Å². The summed E-state index contributed by atoms with van der Waals surface area (Å²) in [6.07, 6.45) is 1.73. The first-order valence-corrected chi connectivity index (χ1v) is 11.5. The van der Waals surface area contributed by atoms with Crippen molar-refractivity contribution in [3.63, 3.8) is 0 Å². The molecule has 3 aromatic carbocycles. The Kier molecular flexibility index (Phi) is 5.95. The quantitative estimate of drug-likeness (QED) is 0.633. The lowest BCUT2D eigenvalue weighted by Crippen LogP contribution is -2.35. The SMILES string of the molecule is COc1ccc(CC(=O)Nc2ccc3c(c2)CCCN3S(=O)(=O)c2ccccc2)cc1. The van der Waals surface area contributed by atoms with Gasteiger partial charge in [0, 0.05) is 12.2 Å². The lowest BCUT2D eigenvalue weighted by atomic mass is 10.0. The molecule has 1 aliphatic heterocycles. The summed E-state index contributed by atoms with van der Waals surface area (Å²) in [6.45, 7) is 0.438. The molecule has 0 atom stereocenters. The monoisotopic (exact) mass is 436 g/mol. The number of ether oxygens (including phenoxy) is 1. The molecule has 7 heteroatoms. The summed E-state index contributed by atoms with van der Waals surface area (Å²) in [6, 6.07) is 21.2. The third kappa shape index (κ3) is 4.56. The van der Waals surface area contributed by atoms with E-state index in [4.69, 9.17) is 4.74 Å². The van der Waals surface area contributed by atoms with Crippen molar-refractivity contribution in [2.45, 2.75) is 24.2 Å². The number of nitrogens with one attached hydrogen (secondary N) is 1. The molecule has 0 unspecified atom stereocenters. The summed E-state index contributed by atoms with van der Waals surface area (Å²) in [7, 11) is -2.02. The molecule has 0 saturated heterocycles. The summed E-state index contributed by atoms with van der Waals surface area (Å²) in [4.78, 5) is 12.7. The van der Waals surface area contributed by atoms with Crippen molar-refractivity contribution >= 4 is 27.3 Å². The first-order chi connectivity index (χ1) is 15.0. The van der Waals surface area contributed by atoms with Crippen LogP contribution in [0.5, 0.6) is 5.75 Å². The van der Waals surface area contributed by atoms with Crippen molar-refractivity contribution in [1.82, 2.24) is 0 Å². The summed E-state index contributed by atoms with van der Waals surface area (Å²) < 4.78 is 32.8. The number of aryl methyl sites for hydroxylation is 1. The lowest BCUT2D eigenvalue weighted by molar-refractivity contribution is -0.115. The molecule has 6 nitrogen and oxygen atoms in total. The topological polar surface area (TPSA) is 75.7 Å². The van der Waals surface area contributed by atoms with Crippen molar-refractivity contribution in [3.05, 3.63) is 83.9 Å². The minimum Gasteiger partial charge on any atom is -0.497 e. The van der Waals surface area contributed by atoms with Crippen LogP contribution in [0.25, 0.3) is 0 Å². The number of hydrogen-bond donors (Lipinski definition) is 1. The lowest BCUT2D eigenvalue weighted by Gasteiger charge is -2.31. The van der Waals surface area contributed by atoms with Gasteiger partial charge >= 0.3 is 0 Å². The molecule has 0 spiro atoms. The molecule has 3 aromatic rings. The first-order valence-electron chi connectivity index (χ1n) is 10.1. The molecule has 31 heavy (non-hydrogen) atoms. The van der Waals surface area contributed by atoms with Crippen LogP contribution in [0, 0.1) is 0 Å². The van der Waals surface area contributed by atoms with Crippen molar-refractivity contribution in [3.8, 4) is 5.75 Å². The van der Waals surface area contributed by atoms with Gasteiger partial charge in [0.2, 0.25) is 5.91 Å². The van der Waals surface area contributed by atoms with Crippen LogP contribution in [-0.4, -0.2) is 28.0 Å². The number of carbonyl (C=O) groups excluding carboxylic acids is 1. The van der Waals surface area contributed by atoms with Crippen LogP contribution in [-0.2, 0) is 27.7 Å². The Morgan fingerprint density at radius 3 is 2.48 bits per heavy atom. The molecule has 1 heterocycles. The van der Waals surface area contributed by atoms with Gasteiger partial charge < -0.3 is 10.1 Å². The number of hydrogen-bond acceptors (Lipinski definition) is 4. The molecule has 1 aliphatic rings. The maximum atomic E-state index is 13.1. The van der Waals surface area contributed by atoms with E-state index in [1.54, 1.807) is 49.6 Å². The van der Waals surface area contributed by atoms with Crippen LogP contribution in [0.1, 0.15) is 17.5 Å². The Balaban J connectivity index is 1.51. The molecule has 0 saturated carbocycles. The zero-order valence-corrected chi connectivity index (χ0v) is 18.1. The van der Waals surface area contributed by atoms with E-state index >= 15 is 0 Å². The van der Waals surface area contributed by atoms with E-state index in [0.29, 0.717) is 17.9 Å². The Hall–Kier alpha value is -3.32. The summed E-state index contributed by atoms with van der Waals surface area (Å²) in [5.74, 6) is 0.614. The number of carbonyl (C=O) groups is 1. The molecule has 1 amide bonds. The highest BCUT2D eigenvalue weighted by Gasteiger charge is 2.29. The number of benzene rings is 3. The average molecular weight is 437 g/mol. The van der Waals surface area contributed by atoms with Gasteiger partial charge in [-0.15, -0.1) is 0 Å². The van der Waals surface area contributed by atoms with Gasteiger partial charge in [-0.1, -0.05) is 30.3 Å². The van der Waals surface area contributed by atoms with Gasteiger partial charge in [0.1, 0.15) is 5.75 Å². The van der Waals surface area contributed by atoms with Crippen molar-refractivity contribution < 1.29 is 17.9 Å². The van der Waals surface area contributed by atoms with Gasteiger partial charge in [-0.3, -0.25) is 9.10 Å². The molecule has 0 aromatic heterocycles. The Morgan fingerprint density at radius 2 is 1.77 bits per heavy atom. The van der Waals surface area contributed by atoms with Gasteiger partial charge in [0.25, 0.3) is 10.0 Å². The van der Waals surface area contributed by atoms with Gasteiger partial charge in [-0.05, 0) is 66.4 Å². The third-order valence-electron chi connectivity index (χ3n) is 5.29. The average Bonchev–Trinajstić information content (AvgIpc) is 2.79. The second kappa shape index (κ2) is 8.81. The van der Waals surface area contributed by atoms with Gasteiger partial charge in [0.15, 0.2) is 0 Å². The second-order valence-corrected chi connectivity index (χ2v) is 9.27. The van der Waals surface area contributed by atoms with E-state index in [2.05, 4.69) is 5.32 Å². The summed E-state index contributed by atoms with van der Waals surface area (Å²) in [5, 5.41) is 2.92. The molecule has 4 rings (SSSR count). The maximum absolute atomic E-state index is 13.1. The Morgan fingerprint density at radius 1 is 1.03 bits per heavy atom. The smallest absolute Gasteiger partial charge is 0.264 e. The van der Waals surface area contributed by atoms with Crippen molar-refractivity contribution in [2.75, 3.05) is 23.3 Å². The fraction of sp³-hybridized carbons (Fsp3) is 0.208. The van der Waals surface area contributed by atoms with Crippen LogP contribution in [0.2, 0.25) is 0 Å². The Labute approximate surface area is 182 Å². The zero-order chi connectivity index (χ0) is 21.8. The van der Waals surface area contributed by atoms with Crippen LogP contribution in [0.4, 0.5) is 11.4 Å². The molecule has 0 aliphatic carbocycles. The number of nitrogens with zero attached hydrogens (tertiary/aromatic N) is 1. The van der Waals surface area contributed by atoms with Crippen LogP contribution in [0.15, 0.2) is 77.7 Å². The van der Waals surface area contributed by atoms with E-state index in [1.807, 2.05) is 30.3 Å². The highest BCUT2D eigenvalue weighted by Crippen LogP contribution is 2.33. The number of amides is 1. The molecule has 0 fully saturated rings. The normalized spacial score (nSPS) is 13.4. The highest BCUT2D eigenvalue weighted by molar-refractivity contribution is 7.92. The number of anilines is 2. The summed E-state index contributed by atoms with van der Waals surface area (Å²) >= 11 is 0. The van der Waals surface area contributed by atoms with Gasteiger partial charge in [0.05, 0.1) is 24.1 Å². The molecule has 0 bridgehead atoms. The largest absolute Gasteiger partial charge is 0.497 e. The van der Waals surface area contributed by atoms with E-state index in [-0.39, 0.29) is 17.2 Å². The third-order valence-corrected chi connectivity index (χ3v) is 7.12. The first kappa shape index (κ1) is 20.9. The number of methoxy groups -OCH3 is 1. The minimum absolute atomic E-state index is 0.130. The van der Waals surface area contributed by atoms with E-state index in [0.717, 1.165) is 29.7 Å². The molecule has 160 valence electrons. The molecule has 1 N–H and O–H groups in total. The predicted molar refractivity (Wildman–Crippen MR) is 121 cm³/mol. The minimum atomic E-state index is -3.62. The van der Waals surface area contributed by atoms with E-state index in [1.165, 1.54) is 4.31 Å². The standard InChI is InChI=1S/C24H24N2O4S/c1-30-21-12-9-18(10-13-21)16-24(27)25-20-11-14-23-19(17-20)6-5-15-26(23)31(28,29)22-7-3-2-4-8-22/h2-4,7-14,17H,5-6,15-16H2,1H3,(H,25,27). The molecular formula is C24H24N2O4S. The van der Waals surface area contributed by atoms with E-state index in [9.17, 15) is 13.2 Å². The van der Waals surface area contributed by atoms with Crippen LogP contribution < -0.4 is 14.4 Å². The van der Waals surface area contributed by atoms with Gasteiger partial charge in [-0.25, -0.2) is 8.42 Å². The van der Waals surface area contributed by atoms with Crippen LogP contribution in [0.3, 0.4) is 0 Å².